The summed E-state index contributed by atoms with van der Waals surface area (Å²) in [6.45, 7) is 23.9. The average Bonchev–Trinajstić information content (AvgIpc) is 3.10. The Morgan fingerprint density at radius 3 is 2.20 bits per heavy atom. The van der Waals surface area contributed by atoms with Crippen LogP contribution < -0.4 is 4.74 Å². The van der Waals surface area contributed by atoms with Crippen LogP contribution >= 0.6 is 0 Å². The molecule has 6 nitrogen and oxygen atoms in total. The molecule has 2 aromatic carbocycles. The quantitative estimate of drug-likeness (QED) is 0.345. The van der Waals surface area contributed by atoms with Gasteiger partial charge in [-0.1, -0.05) is 70.5 Å². The highest BCUT2D eigenvalue weighted by Crippen LogP contribution is 2.29. The van der Waals surface area contributed by atoms with Crippen molar-refractivity contribution in [3.63, 3.8) is 0 Å². The molecular weight excluding hydrogens is 496 g/mol. The molecule has 1 unspecified atom stereocenters. The van der Waals surface area contributed by atoms with Crippen molar-refractivity contribution in [3.05, 3.63) is 76.6 Å². The maximum absolute atomic E-state index is 13.6. The van der Waals surface area contributed by atoms with Crippen molar-refractivity contribution >= 4 is 5.91 Å². The summed E-state index contributed by atoms with van der Waals surface area (Å²) in [5, 5.41) is 0. The first-order chi connectivity index (χ1) is 18.9. The predicted molar refractivity (Wildman–Crippen MR) is 165 cm³/mol. The van der Waals surface area contributed by atoms with E-state index in [-0.39, 0.29) is 17.4 Å². The van der Waals surface area contributed by atoms with Gasteiger partial charge < -0.3 is 9.64 Å². The third-order valence-electron chi connectivity index (χ3n) is 7.71. The highest BCUT2D eigenvalue weighted by Gasteiger charge is 2.33. The summed E-state index contributed by atoms with van der Waals surface area (Å²) < 4.78 is 6.60. The molecule has 0 radical (unpaired) electrons. The topological polar surface area (TPSA) is 58.6 Å². The Kier molecular flexibility index (Phi) is 10.5. The van der Waals surface area contributed by atoms with Gasteiger partial charge >= 0.3 is 0 Å². The van der Waals surface area contributed by atoms with Gasteiger partial charge in [-0.05, 0) is 63.3 Å². The Bertz CT molecular complexity index is 1280. The number of hydrogen-bond donors (Lipinski definition) is 0. The Morgan fingerprint density at radius 2 is 1.57 bits per heavy atom. The zero-order valence-electron chi connectivity index (χ0n) is 26.2. The maximum Gasteiger partial charge on any atom is 0.254 e. The van der Waals surface area contributed by atoms with Gasteiger partial charge in [-0.3, -0.25) is 9.69 Å². The van der Waals surface area contributed by atoms with Crippen LogP contribution in [-0.4, -0.2) is 64.0 Å². The van der Waals surface area contributed by atoms with Crippen molar-refractivity contribution < 1.29 is 9.53 Å². The van der Waals surface area contributed by atoms with Crippen molar-refractivity contribution in [1.82, 2.24) is 19.8 Å². The van der Waals surface area contributed by atoms with Crippen LogP contribution in [0.4, 0.5) is 0 Å². The van der Waals surface area contributed by atoms with Crippen LogP contribution in [0.2, 0.25) is 0 Å². The minimum Gasteiger partial charge on any atom is -0.471 e. The average molecular weight is 545 g/mol. The van der Waals surface area contributed by atoms with E-state index in [2.05, 4.69) is 69.6 Å². The van der Waals surface area contributed by atoms with Crippen molar-refractivity contribution in [1.29, 1.82) is 0 Å². The molecule has 1 aliphatic rings. The molecule has 2 atom stereocenters. The van der Waals surface area contributed by atoms with Gasteiger partial charge in [0.2, 0.25) is 5.88 Å². The van der Waals surface area contributed by atoms with Crippen LogP contribution in [-0.2, 0) is 0 Å². The first kappa shape index (κ1) is 31.3. The van der Waals surface area contributed by atoms with E-state index in [4.69, 9.17) is 9.72 Å². The van der Waals surface area contributed by atoms with E-state index in [0.29, 0.717) is 30.8 Å². The SMILES string of the molecule is CC.Cc1cccc(C(=O)N2CCN(C(C)C(C)(C)C)C[C@@H](Oc3cc(-c4c(C)cccc4C)nc(C)n3)C2)c1. The fourth-order valence-corrected chi connectivity index (χ4v) is 5.23. The number of hydrogen-bond acceptors (Lipinski definition) is 5. The molecule has 0 aliphatic carbocycles. The first-order valence-corrected chi connectivity index (χ1v) is 14.6. The molecule has 0 N–H and O–H groups in total. The monoisotopic (exact) mass is 544 g/mol. The van der Waals surface area contributed by atoms with Crippen LogP contribution in [0.5, 0.6) is 5.88 Å². The standard InChI is InChI=1S/C32H42N4O2.C2H6/c1-21-11-9-14-26(17-21)31(37)36-16-15-35(24(4)32(6,7)8)19-27(20-36)38-29-18-28(33-25(5)34-29)30-22(2)12-10-13-23(30)3;1-2/h9-14,17-18,24,27H,15-16,19-20H2,1-8H3;1-2H3/t24?,27-;/m1./s1. The van der Waals surface area contributed by atoms with Gasteiger partial charge in [0, 0.05) is 42.9 Å². The number of ether oxygens (including phenoxy) is 1. The molecule has 40 heavy (non-hydrogen) atoms. The number of carbonyl (C=O) groups excluding carboxylic acids is 1. The summed E-state index contributed by atoms with van der Waals surface area (Å²) in [5.41, 5.74) is 6.22. The second-order valence-corrected chi connectivity index (χ2v) is 11.8. The van der Waals surface area contributed by atoms with Crippen molar-refractivity contribution in [2.24, 2.45) is 5.41 Å². The number of aromatic nitrogens is 2. The van der Waals surface area contributed by atoms with Crippen LogP contribution in [0.15, 0.2) is 48.5 Å². The van der Waals surface area contributed by atoms with E-state index >= 15 is 0 Å². The molecule has 0 bridgehead atoms. The molecule has 0 spiro atoms. The predicted octanol–water partition coefficient (Wildman–Crippen LogP) is 7.04. The summed E-state index contributed by atoms with van der Waals surface area (Å²) in [5.74, 6) is 1.26. The number of rotatable bonds is 5. The molecule has 0 saturated carbocycles. The van der Waals surface area contributed by atoms with Crippen LogP contribution in [0.3, 0.4) is 0 Å². The highest BCUT2D eigenvalue weighted by atomic mass is 16.5. The molecule has 216 valence electrons. The third kappa shape index (κ3) is 7.69. The highest BCUT2D eigenvalue weighted by molar-refractivity contribution is 5.94. The maximum atomic E-state index is 13.6. The van der Waals surface area contributed by atoms with Gasteiger partial charge in [0.25, 0.3) is 5.91 Å². The number of carbonyl (C=O) groups is 1. The summed E-state index contributed by atoms with van der Waals surface area (Å²) in [4.78, 5) is 27.3. The molecule has 1 aliphatic heterocycles. The molecule has 6 heteroatoms. The third-order valence-corrected chi connectivity index (χ3v) is 7.71. The zero-order valence-corrected chi connectivity index (χ0v) is 26.2. The first-order valence-electron chi connectivity index (χ1n) is 14.6. The summed E-state index contributed by atoms with van der Waals surface area (Å²) in [6, 6.07) is 16.4. The van der Waals surface area contributed by atoms with Gasteiger partial charge in [0.15, 0.2) is 0 Å². The molecule has 1 aromatic heterocycles. The Balaban J connectivity index is 0.00000216. The van der Waals surface area contributed by atoms with E-state index < -0.39 is 0 Å². The second-order valence-electron chi connectivity index (χ2n) is 11.8. The number of amides is 1. The summed E-state index contributed by atoms with van der Waals surface area (Å²) in [6.07, 6.45) is -0.226. The van der Waals surface area contributed by atoms with E-state index in [0.717, 1.165) is 35.5 Å². The fraction of sp³-hybridized carbons (Fsp3) is 0.500. The molecule has 3 aromatic rings. The molecule has 1 saturated heterocycles. The largest absolute Gasteiger partial charge is 0.471 e. The molecular formula is C34H48N4O2. The van der Waals surface area contributed by atoms with Gasteiger partial charge in [0.1, 0.15) is 11.9 Å². The van der Waals surface area contributed by atoms with Crippen molar-refractivity contribution in [2.45, 2.75) is 81.4 Å². The van der Waals surface area contributed by atoms with Crippen LogP contribution in [0.1, 0.15) is 74.4 Å². The lowest BCUT2D eigenvalue weighted by Gasteiger charge is -2.38. The molecule has 2 heterocycles. The number of nitrogens with zero attached hydrogens (tertiary/aromatic N) is 4. The van der Waals surface area contributed by atoms with Crippen LogP contribution in [0.25, 0.3) is 11.3 Å². The lowest BCUT2D eigenvalue weighted by molar-refractivity contribution is 0.0661. The van der Waals surface area contributed by atoms with Gasteiger partial charge in [-0.2, -0.15) is 4.98 Å². The summed E-state index contributed by atoms with van der Waals surface area (Å²) >= 11 is 0. The second kappa shape index (κ2) is 13.4. The van der Waals surface area contributed by atoms with E-state index in [1.54, 1.807) is 0 Å². The zero-order chi connectivity index (χ0) is 29.6. The normalized spacial score (nSPS) is 16.9. The Labute approximate surface area is 241 Å². The van der Waals surface area contributed by atoms with E-state index in [1.807, 2.05) is 62.9 Å². The van der Waals surface area contributed by atoms with E-state index in [1.165, 1.54) is 11.1 Å². The number of benzene rings is 2. The van der Waals surface area contributed by atoms with E-state index in [9.17, 15) is 4.79 Å². The van der Waals surface area contributed by atoms with Gasteiger partial charge in [0.05, 0.1) is 12.2 Å². The molecule has 1 fully saturated rings. The minimum absolute atomic E-state index is 0.0441. The Hall–Kier alpha value is -3.25. The van der Waals surface area contributed by atoms with Crippen LogP contribution in [0, 0.1) is 33.1 Å². The van der Waals surface area contributed by atoms with Crippen molar-refractivity contribution in [2.75, 3.05) is 26.2 Å². The molecule has 4 rings (SSSR count). The van der Waals surface area contributed by atoms with Crippen molar-refractivity contribution in [3.8, 4) is 17.1 Å². The lowest BCUT2D eigenvalue weighted by Crippen LogP contribution is -2.46. The fourth-order valence-electron chi connectivity index (χ4n) is 5.23. The van der Waals surface area contributed by atoms with Gasteiger partial charge in [-0.25, -0.2) is 4.98 Å². The number of aryl methyl sites for hydroxylation is 4. The minimum atomic E-state index is -0.226. The Morgan fingerprint density at radius 1 is 0.925 bits per heavy atom. The lowest BCUT2D eigenvalue weighted by atomic mass is 9.87. The summed E-state index contributed by atoms with van der Waals surface area (Å²) in [7, 11) is 0. The van der Waals surface area contributed by atoms with Gasteiger partial charge in [-0.15, -0.1) is 0 Å². The smallest absolute Gasteiger partial charge is 0.254 e. The molecule has 1 amide bonds.